The molecule has 0 aliphatic carbocycles. The maximum atomic E-state index is 12.1. The van der Waals surface area contributed by atoms with Crippen molar-refractivity contribution in [3.05, 3.63) is 24.0 Å². The Balaban J connectivity index is 1.54. The highest BCUT2D eigenvalue weighted by molar-refractivity contribution is 5.94. The fourth-order valence-corrected chi connectivity index (χ4v) is 2.50. The van der Waals surface area contributed by atoms with Gasteiger partial charge >= 0.3 is 0 Å². The van der Waals surface area contributed by atoms with Crippen molar-refractivity contribution in [3.8, 4) is 0 Å². The van der Waals surface area contributed by atoms with Crippen LogP contribution in [-0.4, -0.2) is 71.2 Å². The molecule has 2 aliphatic heterocycles. The molecular weight excluding hydrogens is 230 g/mol. The van der Waals surface area contributed by atoms with E-state index in [1.54, 1.807) is 12.3 Å². The Morgan fingerprint density at radius 1 is 1.28 bits per heavy atom. The lowest BCUT2D eigenvalue weighted by atomic mass is 10.0. The average Bonchev–Trinajstić information content (AvgIpc) is 2.39. The molecule has 1 amide bonds. The van der Waals surface area contributed by atoms with Gasteiger partial charge in [0.25, 0.3) is 5.91 Å². The molecule has 0 radical (unpaired) electrons. The van der Waals surface area contributed by atoms with Gasteiger partial charge in [-0.25, -0.2) is 0 Å². The number of amides is 1. The Labute approximate surface area is 106 Å². The van der Waals surface area contributed by atoms with E-state index in [0.717, 1.165) is 39.3 Å². The van der Waals surface area contributed by atoms with Gasteiger partial charge in [-0.05, 0) is 6.07 Å². The molecule has 0 bridgehead atoms. The van der Waals surface area contributed by atoms with Gasteiger partial charge in [0.2, 0.25) is 0 Å². The van der Waals surface area contributed by atoms with Crippen molar-refractivity contribution in [2.45, 2.75) is 6.04 Å². The fraction of sp³-hybridized carbons (Fsp3) is 0.583. The first-order chi connectivity index (χ1) is 8.84. The summed E-state index contributed by atoms with van der Waals surface area (Å²) < 4.78 is 0. The van der Waals surface area contributed by atoms with Crippen LogP contribution in [0.3, 0.4) is 0 Å². The third kappa shape index (κ3) is 2.21. The number of carbonyl (C=O) groups is 1. The van der Waals surface area contributed by atoms with Crippen LogP contribution >= 0.6 is 0 Å². The summed E-state index contributed by atoms with van der Waals surface area (Å²) in [6, 6.07) is 2.25. The van der Waals surface area contributed by atoms with Crippen LogP contribution in [0, 0.1) is 0 Å². The molecule has 1 N–H and O–H groups in total. The van der Waals surface area contributed by atoms with Crippen LogP contribution in [0.5, 0.6) is 0 Å². The smallest absolute Gasteiger partial charge is 0.255 e. The Morgan fingerprint density at radius 2 is 2.06 bits per heavy atom. The van der Waals surface area contributed by atoms with Gasteiger partial charge in [0.05, 0.1) is 18.0 Å². The van der Waals surface area contributed by atoms with Crippen molar-refractivity contribution < 1.29 is 4.79 Å². The van der Waals surface area contributed by atoms with E-state index < -0.39 is 0 Å². The summed E-state index contributed by atoms with van der Waals surface area (Å²) >= 11 is 0. The summed E-state index contributed by atoms with van der Waals surface area (Å²) in [5.74, 6) is 0.0660. The maximum absolute atomic E-state index is 12.1. The molecule has 6 nitrogen and oxygen atoms in total. The van der Waals surface area contributed by atoms with Crippen molar-refractivity contribution >= 4 is 5.91 Å². The Bertz CT molecular complexity index is 412. The number of likely N-dealkylation sites (tertiary alicyclic amines) is 1. The zero-order chi connectivity index (χ0) is 12.4. The minimum Gasteiger partial charge on any atom is -0.335 e. The van der Waals surface area contributed by atoms with E-state index in [-0.39, 0.29) is 5.91 Å². The van der Waals surface area contributed by atoms with Crippen LogP contribution < -0.4 is 5.32 Å². The van der Waals surface area contributed by atoms with E-state index >= 15 is 0 Å². The molecule has 1 aromatic rings. The Kier molecular flexibility index (Phi) is 3.21. The van der Waals surface area contributed by atoms with Crippen molar-refractivity contribution in [2.75, 3.05) is 39.3 Å². The number of nitrogens with one attached hydrogen (secondary N) is 1. The van der Waals surface area contributed by atoms with Gasteiger partial charge in [-0.2, -0.15) is 10.2 Å². The molecule has 6 heteroatoms. The van der Waals surface area contributed by atoms with E-state index in [1.165, 1.54) is 6.20 Å². The van der Waals surface area contributed by atoms with Crippen LogP contribution in [0.1, 0.15) is 10.4 Å². The molecular formula is C12H17N5O. The van der Waals surface area contributed by atoms with Crippen molar-refractivity contribution in [1.29, 1.82) is 0 Å². The summed E-state index contributed by atoms with van der Waals surface area (Å²) in [4.78, 5) is 16.4. The molecule has 3 heterocycles. The molecule has 0 aromatic carbocycles. The van der Waals surface area contributed by atoms with Crippen molar-refractivity contribution in [2.24, 2.45) is 0 Å². The third-order valence-corrected chi connectivity index (χ3v) is 3.65. The molecule has 0 saturated carbocycles. The van der Waals surface area contributed by atoms with Crippen LogP contribution in [-0.2, 0) is 0 Å². The maximum Gasteiger partial charge on any atom is 0.255 e. The molecule has 2 aliphatic rings. The number of hydrogen-bond acceptors (Lipinski definition) is 5. The Morgan fingerprint density at radius 3 is 2.72 bits per heavy atom. The second-order valence-electron chi connectivity index (χ2n) is 4.78. The highest BCUT2D eigenvalue weighted by Crippen LogP contribution is 2.17. The van der Waals surface area contributed by atoms with Crippen LogP contribution in [0.4, 0.5) is 0 Å². The minimum absolute atomic E-state index is 0.0660. The lowest BCUT2D eigenvalue weighted by Crippen LogP contribution is -2.63. The normalized spacial score (nSPS) is 21.7. The largest absolute Gasteiger partial charge is 0.335 e. The second-order valence-corrected chi connectivity index (χ2v) is 4.78. The molecule has 18 heavy (non-hydrogen) atoms. The predicted molar refractivity (Wildman–Crippen MR) is 66.2 cm³/mol. The van der Waals surface area contributed by atoms with Crippen molar-refractivity contribution in [1.82, 2.24) is 25.3 Å². The van der Waals surface area contributed by atoms with E-state index in [0.29, 0.717) is 11.6 Å². The summed E-state index contributed by atoms with van der Waals surface area (Å²) in [5, 5.41) is 10.8. The van der Waals surface area contributed by atoms with Gasteiger partial charge in [-0.3, -0.25) is 9.69 Å². The first kappa shape index (κ1) is 11.6. The topological polar surface area (TPSA) is 61.4 Å². The molecule has 1 aromatic heterocycles. The molecule has 3 rings (SSSR count). The van der Waals surface area contributed by atoms with E-state index in [9.17, 15) is 4.79 Å². The van der Waals surface area contributed by atoms with Gasteiger partial charge in [0.1, 0.15) is 0 Å². The summed E-state index contributed by atoms with van der Waals surface area (Å²) in [6.07, 6.45) is 3.08. The highest BCUT2D eigenvalue weighted by atomic mass is 16.2. The lowest BCUT2D eigenvalue weighted by molar-refractivity contribution is 0.0226. The summed E-state index contributed by atoms with van der Waals surface area (Å²) in [6.45, 7) is 5.95. The number of rotatable bonds is 2. The number of carbonyl (C=O) groups excluding carboxylic acids is 1. The molecule has 2 fully saturated rings. The molecule has 0 atom stereocenters. The lowest BCUT2D eigenvalue weighted by Gasteiger charge is -2.46. The van der Waals surface area contributed by atoms with Crippen LogP contribution in [0.25, 0.3) is 0 Å². The van der Waals surface area contributed by atoms with Gasteiger partial charge in [0, 0.05) is 45.3 Å². The number of hydrogen-bond donors (Lipinski definition) is 1. The monoisotopic (exact) mass is 247 g/mol. The molecule has 96 valence electrons. The van der Waals surface area contributed by atoms with Gasteiger partial charge in [-0.15, -0.1) is 0 Å². The predicted octanol–water partition coefficient (Wildman–Crippen LogP) is -0.794. The Hall–Kier alpha value is -1.53. The SMILES string of the molecule is O=C(c1ccnnc1)N1CC(N2CCNCC2)C1. The van der Waals surface area contributed by atoms with Gasteiger partial charge < -0.3 is 10.2 Å². The standard InChI is InChI=1S/C12H17N5O/c18-12(10-1-2-14-15-7-10)17-8-11(9-17)16-5-3-13-4-6-16/h1-2,7,11,13H,3-6,8-9H2. The average molecular weight is 247 g/mol. The quantitative estimate of drug-likeness (QED) is 0.742. The number of piperazine rings is 1. The highest BCUT2D eigenvalue weighted by Gasteiger charge is 2.35. The van der Waals surface area contributed by atoms with E-state index in [4.69, 9.17) is 0 Å². The van der Waals surface area contributed by atoms with E-state index in [1.807, 2.05) is 4.90 Å². The third-order valence-electron chi connectivity index (χ3n) is 3.65. The first-order valence-electron chi connectivity index (χ1n) is 6.35. The zero-order valence-electron chi connectivity index (χ0n) is 10.2. The van der Waals surface area contributed by atoms with Crippen LogP contribution in [0.2, 0.25) is 0 Å². The van der Waals surface area contributed by atoms with Crippen molar-refractivity contribution in [3.63, 3.8) is 0 Å². The van der Waals surface area contributed by atoms with Gasteiger partial charge in [-0.1, -0.05) is 0 Å². The summed E-state index contributed by atoms with van der Waals surface area (Å²) in [7, 11) is 0. The second kappa shape index (κ2) is 4.99. The molecule has 0 spiro atoms. The number of nitrogens with zero attached hydrogens (tertiary/aromatic N) is 4. The van der Waals surface area contributed by atoms with Crippen LogP contribution in [0.15, 0.2) is 18.5 Å². The first-order valence-corrected chi connectivity index (χ1v) is 6.35. The number of aromatic nitrogens is 2. The summed E-state index contributed by atoms with van der Waals surface area (Å²) in [5.41, 5.74) is 0.628. The minimum atomic E-state index is 0.0660. The molecule has 0 unspecified atom stereocenters. The molecule has 2 saturated heterocycles. The fourth-order valence-electron chi connectivity index (χ4n) is 2.50. The van der Waals surface area contributed by atoms with Gasteiger partial charge in [0.15, 0.2) is 0 Å². The van der Waals surface area contributed by atoms with E-state index in [2.05, 4.69) is 20.4 Å². The zero-order valence-corrected chi connectivity index (χ0v) is 10.2.